The molecule has 0 fully saturated rings. The van der Waals surface area contributed by atoms with Crippen LogP contribution in [0.5, 0.6) is 0 Å². The zero-order valence-electron chi connectivity index (χ0n) is 15.2. The van der Waals surface area contributed by atoms with Crippen LogP contribution in [0.25, 0.3) is 11.0 Å². The molecule has 0 bridgehead atoms. The van der Waals surface area contributed by atoms with E-state index in [1.54, 1.807) is 24.3 Å². The first-order valence-electron chi connectivity index (χ1n) is 9.08. The van der Waals surface area contributed by atoms with E-state index in [0.717, 1.165) is 6.42 Å². The fraction of sp³-hybridized carbons (Fsp3) is 0.286. The average Bonchev–Trinajstić information content (AvgIpc) is 2.68. The summed E-state index contributed by atoms with van der Waals surface area (Å²) >= 11 is 0. The van der Waals surface area contributed by atoms with Crippen LogP contribution in [0.2, 0.25) is 0 Å². The van der Waals surface area contributed by atoms with E-state index < -0.39 is 0 Å². The smallest absolute Gasteiger partial charge is 0.273 e. The van der Waals surface area contributed by atoms with E-state index in [-0.39, 0.29) is 36.7 Å². The molecule has 1 amide bonds. The Morgan fingerprint density at radius 3 is 2.67 bits per heavy atom. The van der Waals surface area contributed by atoms with Crippen molar-refractivity contribution in [2.45, 2.75) is 32.7 Å². The normalized spacial score (nSPS) is 10.9. The quantitative estimate of drug-likeness (QED) is 0.698. The number of para-hydroxylation sites is 2. The van der Waals surface area contributed by atoms with Crippen molar-refractivity contribution in [3.05, 3.63) is 76.0 Å². The van der Waals surface area contributed by atoms with Crippen LogP contribution < -0.4 is 10.9 Å². The van der Waals surface area contributed by atoms with Crippen molar-refractivity contribution in [2.24, 2.45) is 0 Å². The number of carbonyl (C=O) groups is 1. The summed E-state index contributed by atoms with van der Waals surface area (Å²) in [5.41, 5.74) is 1.75. The zero-order valence-corrected chi connectivity index (χ0v) is 15.2. The third-order valence-corrected chi connectivity index (χ3v) is 4.37. The Kier molecular flexibility index (Phi) is 5.96. The van der Waals surface area contributed by atoms with E-state index in [1.165, 1.54) is 10.6 Å². The molecule has 1 aromatic heterocycles. The molecule has 0 aliphatic heterocycles. The van der Waals surface area contributed by atoms with Gasteiger partial charge < -0.3 is 9.88 Å². The number of nitrogens with zero attached hydrogens (tertiary/aromatic N) is 2. The molecule has 1 N–H and O–H groups in total. The van der Waals surface area contributed by atoms with Crippen LogP contribution in [-0.4, -0.2) is 22.0 Å². The molecule has 140 valence electrons. The number of benzene rings is 2. The molecule has 0 saturated heterocycles. The lowest BCUT2D eigenvalue weighted by Gasteiger charge is -2.13. The first-order chi connectivity index (χ1) is 13.1. The third kappa shape index (κ3) is 4.39. The van der Waals surface area contributed by atoms with Gasteiger partial charge in [-0.2, -0.15) is 0 Å². The van der Waals surface area contributed by atoms with E-state index in [0.29, 0.717) is 28.8 Å². The van der Waals surface area contributed by atoms with Crippen molar-refractivity contribution in [3.8, 4) is 0 Å². The van der Waals surface area contributed by atoms with Crippen molar-refractivity contribution < 1.29 is 9.18 Å². The van der Waals surface area contributed by atoms with Gasteiger partial charge in [0.1, 0.15) is 11.5 Å². The molecule has 3 rings (SSSR count). The van der Waals surface area contributed by atoms with E-state index in [4.69, 9.17) is 0 Å². The monoisotopic (exact) mass is 367 g/mol. The number of amides is 1. The highest BCUT2D eigenvalue weighted by atomic mass is 19.1. The van der Waals surface area contributed by atoms with Crippen LogP contribution >= 0.6 is 0 Å². The second-order valence-corrected chi connectivity index (χ2v) is 6.38. The first kappa shape index (κ1) is 18.8. The van der Waals surface area contributed by atoms with Crippen LogP contribution in [0.4, 0.5) is 4.39 Å². The second kappa shape index (κ2) is 8.58. The molecule has 0 spiro atoms. The maximum absolute atomic E-state index is 14.1. The summed E-state index contributed by atoms with van der Waals surface area (Å²) in [4.78, 5) is 29.3. The molecule has 0 saturated carbocycles. The highest BCUT2D eigenvalue weighted by Gasteiger charge is 2.14. The summed E-state index contributed by atoms with van der Waals surface area (Å²) in [6.07, 6.45) is 1.30. The minimum Gasteiger partial charge on any atom is -0.356 e. The molecule has 5 nitrogen and oxygen atoms in total. The average molecular weight is 367 g/mol. The molecule has 1 heterocycles. The van der Waals surface area contributed by atoms with Crippen molar-refractivity contribution >= 4 is 16.9 Å². The van der Waals surface area contributed by atoms with Crippen LogP contribution in [0, 0.1) is 5.82 Å². The van der Waals surface area contributed by atoms with Gasteiger partial charge in [0.05, 0.1) is 17.6 Å². The molecular formula is C21H22FN3O2. The Labute approximate surface area is 156 Å². The highest BCUT2D eigenvalue weighted by Crippen LogP contribution is 2.14. The van der Waals surface area contributed by atoms with Crippen molar-refractivity contribution in [2.75, 3.05) is 6.54 Å². The number of fused-ring (bicyclic) bond motifs is 1. The van der Waals surface area contributed by atoms with Gasteiger partial charge in [-0.15, -0.1) is 0 Å². The standard InChI is InChI=1S/C21H22FN3O2/c1-2-13-23-20(26)12-11-18-21(27)25(14-15-7-3-4-8-16(15)22)19-10-6-5-9-17(19)24-18/h3-10H,2,11-14H2,1H3,(H,23,26). The highest BCUT2D eigenvalue weighted by molar-refractivity contribution is 5.77. The number of nitrogens with one attached hydrogen (secondary N) is 1. The van der Waals surface area contributed by atoms with Crippen molar-refractivity contribution in [1.29, 1.82) is 0 Å². The number of halogens is 1. The van der Waals surface area contributed by atoms with Gasteiger partial charge in [0.25, 0.3) is 5.56 Å². The number of aromatic nitrogens is 2. The van der Waals surface area contributed by atoms with E-state index in [9.17, 15) is 14.0 Å². The summed E-state index contributed by atoms with van der Waals surface area (Å²) < 4.78 is 15.6. The summed E-state index contributed by atoms with van der Waals surface area (Å²) in [5.74, 6) is -0.461. The Bertz CT molecular complexity index is 1010. The summed E-state index contributed by atoms with van der Waals surface area (Å²) in [7, 11) is 0. The largest absolute Gasteiger partial charge is 0.356 e. The molecule has 0 aliphatic rings. The number of hydrogen-bond acceptors (Lipinski definition) is 3. The van der Waals surface area contributed by atoms with Gasteiger partial charge in [0.2, 0.25) is 5.91 Å². The lowest BCUT2D eigenvalue weighted by atomic mass is 10.1. The summed E-state index contributed by atoms with van der Waals surface area (Å²) in [6, 6.07) is 13.7. The Hall–Kier alpha value is -3.02. The van der Waals surface area contributed by atoms with Gasteiger partial charge >= 0.3 is 0 Å². The van der Waals surface area contributed by atoms with Gasteiger partial charge in [-0.05, 0) is 24.6 Å². The molecule has 27 heavy (non-hydrogen) atoms. The second-order valence-electron chi connectivity index (χ2n) is 6.38. The Balaban J connectivity index is 1.96. The number of carbonyl (C=O) groups excluding carboxylic acids is 1. The molecule has 6 heteroatoms. The van der Waals surface area contributed by atoms with Crippen LogP contribution in [0.1, 0.15) is 31.0 Å². The van der Waals surface area contributed by atoms with E-state index in [1.807, 2.05) is 25.1 Å². The Morgan fingerprint density at radius 1 is 1.15 bits per heavy atom. The van der Waals surface area contributed by atoms with Crippen LogP contribution in [0.3, 0.4) is 0 Å². The van der Waals surface area contributed by atoms with Crippen molar-refractivity contribution in [1.82, 2.24) is 14.9 Å². The zero-order chi connectivity index (χ0) is 19.2. The van der Waals surface area contributed by atoms with Crippen molar-refractivity contribution in [3.63, 3.8) is 0 Å². The fourth-order valence-electron chi connectivity index (χ4n) is 2.95. The van der Waals surface area contributed by atoms with Crippen LogP contribution in [-0.2, 0) is 17.8 Å². The lowest BCUT2D eigenvalue weighted by molar-refractivity contribution is -0.121. The van der Waals surface area contributed by atoms with E-state index in [2.05, 4.69) is 10.3 Å². The van der Waals surface area contributed by atoms with E-state index >= 15 is 0 Å². The summed E-state index contributed by atoms with van der Waals surface area (Å²) in [6.45, 7) is 2.71. The maximum atomic E-state index is 14.1. The molecule has 0 unspecified atom stereocenters. The molecule has 0 radical (unpaired) electrons. The molecule has 2 aromatic carbocycles. The third-order valence-electron chi connectivity index (χ3n) is 4.37. The SMILES string of the molecule is CCCNC(=O)CCc1nc2ccccc2n(Cc2ccccc2F)c1=O. The molecule has 3 aromatic rings. The molecular weight excluding hydrogens is 345 g/mol. The summed E-state index contributed by atoms with van der Waals surface area (Å²) in [5, 5.41) is 2.80. The Morgan fingerprint density at radius 2 is 1.89 bits per heavy atom. The van der Waals surface area contributed by atoms with Gasteiger partial charge in [0, 0.05) is 24.9 Å². The maximum Gasteiger partial charge on any atom is 0.273 e. The number of aryl methyl sites for hydroxylation is 1. The van der Waals surface area contributed by atoms with Gasteiger partial charge in [-0.1, -0.05) is 37.3 Å². The minimum absolute atomic E-state index is 0.105. The topological polar surface area (TPSA) is 64.0 Å². The molecule has 0 atom stereocenters. The van der Waals surface area contributed by atoms with Gasteiger partial charge in [-0.25, -0.2) is 9.37 Å². The predicted molar refractivity (Wildman–Crippen MR) is 103 cm³/mol. The predicted octanol–water partition coefficient (Wildman–Crippen LogP) is 3.04. The fourth-order valence-corrected chi connectivity index (χ4v) is 2.95. The van der Waals surface area contributed by atoms with Crippen LogP contribution in [0.15, 0.2) is 53.3 Å². The van der Waals surface area contributed by atoms with Gasteiger partial charge in [-0.3, -0.25) is 9.59 Å². The van der Waals surface area contributed by atoms with Gasteiger partial charge in [0.15, 0.2) is 0 Å². The first-order valence-corrected chi connectivity index (χ1v) is 9.08. The number of rotatable bonds is 7. The molecule has 0 aliphatic carbocycles. The number of hydrogen-bond donors (Lipinski definition) is 1. The lowest BCUT2D eigenvalue weighted by Crippen LogP contribution is -2.29. The minimum atomic E-state index is -0.356.